The van der Waals surface area contributed by atoms with E-state index in [9.17, 15) is 0 Å². The number of hydrogen-bond acceptors (Lipinski definition) is 0. The zero-order valence-electron chi connectivity index (χ0n) is 14.9. The van der Waals surface area contributed by atoms with Gasteiger partial charge in [-0.3, -0.25) is 0 Å². The summed E-state index contributed by atoms with van der Waals surface area (Å²) in [5.41, 5.74) is 3.34. The predicted octanol–water partition coefficient (Wildman–Crippen LogP) is 7.30. The van der Waals surface area contributed by atoms with E-state index >= 15 is 0 Å². The third-order valence-electron chi connectivity index (χ3n) is 2.18. The Hall–Kier alpha value is -2.34. The van der Waals surface area contributed by atoms with Gasteiger partial charge >= 0.3 is 0 Å². The van der Waals surface area contributed by atoms with Crippen molar-refractivity contribution in [1.29, 1.82) is 0 Å². The third kappa shape index (κ3) is 14.1. The molecule has 0 nitrogen and oxygen atoms in total. The van der Waals surface area contributed by atoms with Gasteiger partial charge in [-0.15, -0.1) is 0 Å². The molecule has 0 heteroatoms. The highest BCUT2D eigenvalue weighted by Gasteiger charge is 1.94. The molecule has 0 saturated carbocycles. The smallest absolute Gasteiger partial charge is 0.0262 e. The van der Waals surface area contributed by atoms with E-state index in [1.54, 1.807) is 12.2 Å². The average molecular weight is 296 g/mol. The van der Waals surface area contributed by atoms with Gasteiger partial charge in [0.05, 0.1) is 0 Å². The van der Waals surface area contributed by atoms with Gasteiger partial charge in [0, 0.05) is 0 Å². The fourth-order valence-corrected chi connectivity index (χ4v) is 0.998. The first kappa shape index (κ1) is 24.7. The largest absolute Gasteiger partial charge is 0.0991 e. The Morgan fingerprint density at radius 1 is 0.500 bits per heavy atom. The van der Waals surface area contributed by atoms with Crippen molar-refractivity contribution < 1.29 is 0 Å². The minimum absolute atomic E-state index is 0.828. The maximum Gasteiger partial charge on any atom is -0.0262 e. The summed E-state index contributed by atoms with van der Waals surface area (Å²) in [5.74, 6) is 0. The second-order valence-corrected chi connectivity index (χ2v) is 3.62. The molecular formula is C22H32. The number of allylic oxidation sites excluding steroid dienone is 12. The second-order valence-electron chi connectivity index (χ2n) is 3.62. The molecule has 22 heavy (non-hydrogen) atoms. The van der Waals surface area contributed by atoms with Crippen molar-refractivity contribution in [2.24, 2.45) is 0 Å². The lowest BCUT2D eigenvalue weighted by molar-refractivity contribution is 1.50. The molecule has 0 atom stereocenters. The van der Waals surface area contributed by atoms with Gasteiger partial charge in [0.25, 0.3) is 0 Å². The first-order valence-electron chi connectivity index (χ1n) is 7.55. The summed E-state index contributed by atoms with van der Waals surface area (Å²) in [6.45, 7) is 30.8. The molecular weight excluding hydrogens is 264 g/mol. The van der Waals surface area contributed by atoms with Crippen molar-refractivity contribution in [3.05, 3.63) is 110 Å². The molecule has 0 bridgehead atoms. The molecule has 0 unspecified atom stereocenters. The first-order chi connectivity index (χ1) is 10.5. The molecule has 0 heterocycles. The Balaban J connectivity index is -0.000000826. The second kappa shape index (κ2) is 18.7. The highest BCUT2D eigenvalue weighted by molar-refractivity contribution is 5.49. The van der Waals surface area contributed by atoms with Crippen molar-refractivity contribution in [1.82, 2.24) is 0 Å². The Morgan fingerprint density at radius 3 is 0.955 bits per heavy atom. The molecule has 0 spiro atoms. The van der Waals surface area contributed by atoms with E-state index in [1.165, 1.54) is 0 Å². The third-order valence-corrected chi connectivity index (χ3v) is 2.18. The van der Waals surface area contributed by atoms with Gasteiger partial charge in [0.15, 0.2) is 0 Å². The highest BCUT2D eigenvalue weighted by Crippen LogP contribution is 2.13. The van der Waals surface area contributed by atoms with Crippen molar-refractivity contribution in [3.8, 4) is 0 Å². The Kier molecular flexibility index (Phi) is 20.9. The van der Waals surface area contributed by atoms with Crippen LogP contribution in [0.1, 0.15) is 27.7 Å². The van der Waals surface area contributed by atoms with Crippen LogP contribution in [0.3, 0.4) is 0 Å². The van der Waals surface area contributed by atoms with Gasteiger partial charge in [-0.05, 0) is 22.3 Å². The van der Waals surface area contributed by atoms with Crippen LogP contribution in [0.15, 0.2) is 110 Å². The standard InChI is InChI=1S/C18H20.2C2H6/c1-7-9-11-15(3)17(5)13-14-18(6)16(4)12-10-8-2;2*1-2/h7-14H,1-6H2;2*1-2H3/b11-9-,12-10-,14-13-;;. The first-order valence-corrected chi connectivity index (χ1v) is 7.55. The van der Waals surface area contributed by atoms with E-state index in [0.29, 0.717) is 0 Å². The van der Waals surface area contributed by atoms with E-state index < -0.39 is 0 Å². The minimum Gasteiger partial charge on any atom is -0.0991 e. The molecule has 0 aromatic rings. The summed E-state index contributed by atoms with van der Waals surface area (Å²) in [6.07, 6.45) is 14.5. The predicted molar refractivity (Wildman–Crippen MR) is 107 cm³/mol. The van der Waals surface area contributed by atoms with Gasteiger partial charge in [-0.2, -0.15) is 0 Å². The molecule has 0 saturated heterocycles. The van der Waals surface area contributed by atoms with Crippen molar-refractivity contribution in [2.45, 2.75) is 27.7 Å². The summed E-state index contributed by atoms with van der Waals surface area (Å²) in [5, 5.41) is 0. The molecule has 0 aromatic heterocycles. The lowest BCUT2D eigenvalue weighted by Gasteiger charge is -2.01. The summed E-state index contributed by atoms with van der Waals surface area (Å²) in [7, 11) is 0. The molecule has 0 amide bonds. The van der Waals surface area contributed by atoms with E-state index in [1.807, 2.05) is 64.2 Å². The Morgan fingerprint density at radius 2 is 0.727 bits per heavy atom. The van der Waals surface area contributed by atoms with Crippen LogP contribution in [0.2, 0.25) is 0 Å². The van der Waals surface area contributed by atoms with Crippen LogP contribution in [-0.4, -0.2) is 0 Å². The number of rotatable bonds is 8. The highest BCUT2D eigenvalue weighted by atomic mass is 14.0. The zero-order chi connectivity index (χ0) is 18.0. The molecule has 0 N–H and O–H groups in total. The Labute approximate surface area is 138 Å². The lowest BCUT2D eigenvalue weighted by atomic mass is 10.0. The topological polar surface area (TPSA) is 0 Å². The molecule has 0 radical (unpaired) electrons. The molecule has 0 aromatic carbocycles. The molecule has 0 aliphatic heterocycles. The Bertz CT molecular complexity index is 418. The molecule has 0 rings (SSSR count). The average Bonchev–Trinajstić information content (AvgIpc) is 2.58. The van der Waals surface area contributed by atoms with Gasteiger partial charge in [0.1, 0.15) is 0 Å². The van der Waals surface area contributed by atoms with E-state index in [0.717, 1.165) is 22.3 Å². The van der Waals surface area contributed by atoms with Gasteiger partial charge in [0.2, 0.25) is 0 Å². The summed E-state index contributed by atoms with van der Waals surface area (Å²) >= 11 is 0. The normalized spacial score (nSPS) is 9.45. The van der Waals surface area contributed by atoms with Gasteiger partial charge in [-0.1, -0.05) is 116 Å². The lowest BCUT2D eigenvalue weighted by Crippen LogP contribution is -1.81. The molecule has 0 aliphatic rings. The summed E-state index contributed by atoms with van der Waals surface area (Å²) < 4.78 is 0. The van der Waals surface area contributed by atoms with Crippen molar-refractivity contribution in [2.75, 3.05) is 0 Å². The molecule has 0 aliphatic carbocycles. The van der Waals surface area contributed by atoms with Crippen LogP contribution < -0.4 is 0 Å². The fraction of sp³-hybridized carbons (Fsp3) is 0.182. The van der Waals surface area contributed by atoms with Gasteiger partial charge < -0.3 is 0 Å². The van der Waals surface area contributed by atoms with Crippen molar-refractivity contribution >= 4 is 0 Å². The van der Waals surface area contributed by atoms with Crippen LogP contribution in [0.25, 0.3) is 0 Å². The maximum atomic E-state index is 3.92. The van der Waals surface area contributed by atoms with E-state index in [2.05, 4.69) is 39.5 Å². The minimum atomic E-state index is 0.828. The molecule has 0 fully saturated rings. The SMILES string of the molecule is C=C/C=C\C(=C)C(=C)/C=C\C(=C)C(=C)/C=C\C=C.CC.CC. The quantitative estimate of drug-likeness (QED) is 0.412. The van der Waals surface area contributed by atoms with Gasteiger partial charge in [-0.25, -0.2) is 0 Å². The summed E-state index contributed by atoms with van der Waals surface area (Å²) in [6, 6.07) is 0. The van der Waals surface area contributed by atoms with E-state index in [4.69, 9.17) is 0 Å². The van der Waals surface area contributed by atoms with Crippen molar-refractivity contribution in [3.63, 3.8) is 0 Å². The summed E-state index contributed by atoms with van der Waals surface area (Å²) in [4.78, 5) is 0. The van der Waals surface area contributed by atoms with Crippen LogP contribution in [0, 0.1) is 0 Å². The zero-order valence-corrected chi connectivity index (χ0v) is 14.9. The van der Waals surface area contributed by atoms with Crippen LogP contribution in [0.4, 0.5) is 0 Å². The maximum absolute atomic E-state index is 3.92. The molecule has 120 valence electrons. The fourth-order valence-electron chi connectivity index (χ4n) is 0.998. The van der Waals surface area contributed by atoms with Crippen LogP contribution >= 0.6 is 0 Å². The number of hydrogen-bond donors (Lipinski definition) is 0. The van der Waals surface area contributed by atoms with E-state index in [-0.39, 0.29) is 0 Å². The van der Waals surface area contributed by atoms with Crippen LogP contribution in [0.5, 0.6) is 0 Å². The van der Waals surface area contributed by atoms with Crippen LogP contribution in [-0.2, 0) is 0 Å². The monoisotopic (exact) mass is 296 g/mol.